The van der Waals surface area contributed by atoms with E-state index in [9.17, 15) is 13.6 Å². The highest BCUT2D eigenvalue weighted by Gasteiger charge is 2.17. The van der Waals surface area contributed by atoms with Gasteiger partial charge in [-0.1, -0.05) is 24.3 Å². The maximum atomic E-state index is 12.3. The van der Waals surface area contributed by atoms with Crippen molar-refractivity contribution in [1.82, 2.24) is 5.32 Å². The van der Waals surface area contributed by atoms with Crippen LogP contribution in [0.5, 0.6) is 5.75 Å². The second kappa shape index (κ2) is 7.14. The predicted octanol–water partition coefficient (Wildman–Crippen LogP) is 2.67. The summed E-state index contributed by atoms with van der Waals surface area (Å²) >= 11 is 1.38. The molecular formula is C14H14F2N2O2S. The van der Waals surface area contributed by atoms with Crippen LogP contribution in [0.2, 0.25) is 0 Å². The Morgan fingerprint density at radius 1 is 1.29 bits per heavy atom. The quantitative estimate of drug-likeness (QED) is 0.862. The summed E-state index contributed by atoms with van der Waals surface area (Å²) in [4.78, 5) is 12.7. The Hall–Kier alpha value is -1.99. The Kier molecular flexibility index (Phi) is 5.24. The number of para-hydroxylation sites is 1. The van der Waals surface area contributed by atoms with Crippen molar-refractivity contribution in [3.8, 4) is 5.75 Å². The first-order valence-corrected chi connectivity index (χ1v) is 7.05. The fraction of sp³-hybridized carbons (Fsp3) is 0.214. The molecule has 7 heteroatoms. The van der Waals surface area contributed by atoms with Gasteiger partial charge in [0.05, 0.1) is 0 Å². The molecule has 1 heterocycles. The number of alkyl halides is 2. The molecule has 1 aromatic heterocycles. The minimum atomic E-state index is -2.91. The van der Waals surface area contributed by atoms with Crippen molar-refractivity contribution in [2.75, 3.05) is 0 Å². The van der Waals surface area contributed by atoms with E-state index in [1.807, 2.05) is 5.38 Å². The summed E-state index contributed by atoms with van der Waals surface area (Å²) in [5.41, 5.74) is 6.28. The average Bonchev–Trinajstić information content (AvgIpc) is 2.98. The van der Waals surface area contributed by atoms with E-state index in [2.05, 4.69) is 10.1 Å². The SMILES string of the molecule is NC(C(=O)NCc1ccccc1OC(F)F)c1cccs1. The molecule has 0 radical (unpaired) electrons. The van der Waals surface area contributed by atoms with Crippen molar-refractivity contribution < 1.29 is 18.3 Å². The number of carbonyl (C=O) groups is 1. The Morgan fingerprint density at radius 3 is 2.71 bits per heavy atom. The van der Waals surface area contributed by atoms with Gasteiger partial charge >= 0.3 is 6.61 Å². The van der Waals surface area contributed by atoms with Gasteiger partial charge in [0.25, 0.3) is 0 Å². The zero-order valence-electron chi connectivity index (χ0n) is 11.0. The molecule has 1 amide bonds. The molecule has 112 valence electrons. The zero-order valence-corrected chi connectivity index (χ0v) is 11.8. The van der Waals surface area contributed by atoms with Crippen LogP contribution in [0.1, 0.15) is 16.5 Å². The monoisotopic (exact) mass is 312 g/mol. The summed E-state index contributed by atoms with van der Waals surface area (Å²) in [5.74, 6) is -0.332. The number of hydrogen-bond acceptors (Lipinski definition) is 4. The number of nitrogens with one attached hydrogen (secondary N) is 1. The van der Waals surface area contributed by atoms with Gasteiger partial charge in [-0.2, -0.15) is 8.78 Å². The van der Waals surface area contributed by atoms with Gasteiger partial charge in [0.1, 0.15) is 11.8 Å². The van der Waals surface area contributed by atoms with E-state index in [1.54, 1.807) is 30.3 Å². The van der Waals surface area contributed by atoms with E-state index < -0.39 is 12.7 Å². The topological polar surface area (TPSA) is 64.4 Å². The molecule has 0 aliphatic carbocycles. The lowest BCUT2D eigenvalue weighted by molar-refractivity contribution is -0.122. The molecule has 4 nitrogen and oxygen atoms in total. The molecular weight excluding hydrogens is 298 g/mol. The van der Waals surface area contributed by atoms with E-state index in [0.717, 1.165) is 4.88 Å². The molecule has 0 aliphatic rings. The van der Waals surface area contributed by atoms with Crippen molar-refractivity contribution in [2.24, 2.45) is 5.73 Å². The molecule has 21 heavy (non-hydrogen) atoms. The summed E-state index contributed by atoms with van der Waals surface area (Å²) in [6, 6.07) is 9.09. The highest BCUT2D eigenvalue weighted by atomic mass is 32.1. The number of carbonyl (C=O) groups excluding carboxylic acids is 1. The summed E-state index contributed by atoms with van der Waals surface area (Å²) in [5, 5.41) is 4.45. The number of benzene rings is 1. The van der Waals surface area contributed by atoms with Crippen molar-refractivity contribution >= 4 is 17.2 Å². The molecule has 1 unspecified atom stereocenters. The smallest absolute Gasteiger partial charge is 0.387 e. The van der Waals surface area contributed by atoms with Gasteiger partial charge in [-0.15, -0.1) is 11.3 Å². The highest BCUT2D eigenvalue weighted by Crippen LogP contribution is 2.21. The van der Waals surface area contributed by atoms with Gasteiger partial charge in [0.2, 0.25) is 5.91 Å². The van der Waals surface area contributed by atoms with Crippen LogP contribution in [0, 0.1) is 0 Å². The summed E-state index contributed by atoms with van der Waals surface area (Å²) < 4.78 is 29.0. The second-order valence-corrected chi connectivity index (χ2v) is 5.18. The van der Waals surface area contributed by atoms with Crippen LogP contribution < -0.4 is 15.8 Å². The van der Waals surface area contributed by atoms with Crippen molar-refractivity contribution in [3.05, 3.63) is 52.2 Å². The first-order valence-electron chi connectivity index (χ1n) is 6.17. The van der Waals surface area contributed by atoms with E-state index >= 15 is 0 Å². The molecule has 2 rings (SSSR count). The van der Waals surface area contributed by atoms with E-state index in [1.165, 1.54) is 17.4 Å². The Bertz CT molecular complexity index is 590. The lowest BCUT2D eigenvalue weighted by Gasteiger charge is -2.13. The minimum Gasteiger partial charge on any atom is -0.434 e. The molecule has 2 aromatic rings. The van der Waals surface area contributed by atoms with Crippen molar-refractivity contribution in [1.29, 1.82) is 0 Å². The van der Waals surface area contributed by atoms with Gasteiger partial charge in [-0.05, 0) is 17.5 Å². The van der Waals surface area contributed by atoms with Crippen molar-refractivity contribution in [2.45, 2.75) is 19.2 Å². The van der Waals surface area contributed by atoms with E-state index in [-0.39, 0.29) is 18.2 Å². The number of rotatable bonds is 6. The second-order valence-electron chi connectivity index (χ2n) is 4.20. The number of hydrogen-bond donors (Lipinski definition) is 2. The molecule has 3 N–H and O–H groups in total. The molecule has 0 aliphatic heterocycles. The molecule has 0 bridgehead atoms. The van der Waals surface area contributed by atoms with Crippen LogP contribution in [-0.2, 0) is 11.3 Å². The third-order valence-electron chi connectivity index (χ3n) is 2.77. The van der Waals surface area contributed by atoms with Crippen LogP contribution in [0.15, 0.2) is 41.8 Å². The Labute approximate surface area is 124 Å². The number of halogens is 2. The lowest BCUT2D eigenvalue weighted by Crippen LogP contribution is -2.33. The summed E-state index contributed by atoms with van der Waals surface area (Å²) in [6.07, 6.45) is 0. The normalized spacial score (nSPS) is 12.2. The Morgan fingerprint density at radius 2 is 2.05 bits per heavy atom. The van der Waals surface area contributed by atoms with Crippen LogP contribution >= 0.6 is 11.3 Å². The van der Waals surface area contributed by atoms with Gasteiger partial charge in [-0.25, -0.2) is 0 Å². The molecule has 0 saturated carbocycles. The van der Waals surface area contributed by atoms with Crippen LogP contribution in [-0.4, -0.2) is 12.5 Å². The van der Waals surface area contributed by atoms with E-state index in [4.69, 9.17) is 5.73 Å². The van der Waals surface area contributed by atoms with Crippen LogP contribution in [0.3, 0.4) is 0 Å². The third-order valence-corrected chi connectivity index (χ3v) is 3.73. The lowest BCUT2D eigenvalue weighted by atomic mass is 10.2. The molecule has 1 atom stereocenters. The van der Waals surface area contributed by atoms with Gasteiger partial charge < -0.3 is 15.8 Å². The zero-order chi connectivity index (χ0) is 15.2. The maximum Gasteiger partial charge on any atom is 0.387 e. The average molecular weight is 312 g/mol. The fourth-order valence-corrected chi connectivity index (χ4v) is 2.48. The van der Waals surface area contributed by atoms with Gasteiger partial charge in [0, 0.05) is 17.0 Å². The first kappa shape index (κ1) is 15.4. The largest absolute Gasteiger partial charge is 0.434 e. The first-order chi connectivity index (χ1) is 10.1. The Balaban J connectivity index is 1.98. The van der Waals surface area contributed by atoms with E-state index in [0.29, 0.717) is 5.56 Å². The molecule has 0 spiro atoms. The number of thiophene rings is 1. The number of nitrogens with two attached hydrogens (primary N) is 1. The molecule has 1 aromatic carbocycles. The van der Waals surface area contributed by atoms with Crippen molar-refractivity contribution in [3.63, 3.8) is 0 Å². The van der Waals surface area contributed by atoms with Gasteiger partial charge in [0.15, 0.2) is 0 Å². The fourth-order valence-electron chi connectivity index (χ4n) is 1.75. The minimum absolute atomic E-state index is 0.0393. The van der Waals surface area contributed by atoms with Crippen LogP contribution in [0.25, 0.3) is 0 Å². The third kappa shape index (κ3) is 4.24. The summed E-state index contributed by atoms with van der Waals surface area (Å²) in [7, 11) is 0. The molecule has 0 fully saturated rings. The summed E-state index contributed by atoms with van der Waals surface area (Å²) in [6.45, 7) is -2.84. The van der Waals surface area contributed by atoms with Gasteiger partial charge in [-0.3, -0.25) is 4.79 Å². The maximum absolute atomic E-state index is 12.3. The predicted molar refractivity (Wildman–Crippen MR) is 76.2 cm³/mol. The number of ether oxygens (including phenoxy) is 1. The van der Waals surface area contributed by atoms with Crippen LogP contribution in [0.4, 0.5) is 8.78 Å². The standard InChI is InChI=1S/C14H14F2N2O2S/c15-14(16)20-10-5-2-1-4-9(10)8-18-13(19)12(17)11-6-3-7-21-11/h1-7,12,14H,8,17H2,(H,18,19). The highest BCUT2D eigenvalue weighted by molar-refractivity contribution is 7.10. The molecule has 0 saturated heterocycles. The number of amides is 1.